The molecule has 0 spiro atoms. The monoisotopic (exact) mass is 306 g/mol. The Morgan fingerprint density at radius 2 is 2.00 bits per heavy atom. The van der Waals surface area contributed by atoms with E-state index in [1.807, 2.05) is 0 Å². The first-order valence-electron chi connectivity index (χ1n) is 5.75. The molecule has 19 heavy (non-hydrogen) atoms. The average molecular weight is 307 g/mol. The van der Waals surface area contributed by atoms with E-state index < -0.39 is 22.0 Å². The molecule has 1 fully saturated rings. The van der Waals surface area contributed by atoms with Crippen LogP contribution in [-0.2, 0) is 23.8 Å². The summed E-state index contributed by atoms with van der Waals surface area (Å²) in [6.45, 7) is 3.76. The summed E-state index contributed by atoms with van der Waals surface area (Å²) in [5.74, 6) is -0.696. The van der Waals surface area contributed by atoms with Gasteiger partial charge in [-0.1, -0.05) is 11.6 Å². The van der Waals surface area contributed by atoms with Gasteiger partial charge in [0.15, 0.2) is 5.79 Å². The zero-order valence-corrected chi connectivity index (χ0v) is 12.2. The molecule has 0 amide bonds. The van der Waals surface area contributed by atoms with Crippen molar-refractivity contribution in [2.24, 2.45) is 0 Å². The Morgan fingerprint density at radius 3 is 2.53 bits per heavy atom. The van der Waals surface area contributed by atoms with E-state index in [0.29, 0.717) is 11.6 Å². The molecular formula is C12H15ClO5S. The average Bonchev–Trinajstić information content (AvgIpc) is 2.67. The molecular weight excluding hydrogens is 292 g/mol. The van der Waals surface area contributed by atoms with E-state index in [9.17, 15) is 8.42 Å². The fourth-order valence-electron chi connectivity index (χ4n) is 1.68. The standard InChI is InChI=1S/C12H15ClO5S/c1-12(2)16-7-10(18-12)8-17-19(14,15)11-5-3-9(13)4-6-11/h3-6,10H,7-8H2,1-2H3. The highest BCUT2D eigenvalue weighted by atomic mass is 35.5. The van der Waals surface area contributed by atoms with E-state index in [4.69, 9.17) is 25.3 Å². The zero-order valence-electron chi connectivity index (χ0n) is 10.6. The number of hydrogen-bond donors (Lipinski definition) is 0. The van der Waals surface area contributed by atoms with Gasteiger partial charge < -0.3 is 9.47 Å². The van der Waals surface area contributed by atoms with Gasteiger partial charge in [-0.05, 0) is 38.1 Å². The Labute approximate surface area is 117 Å². The quantitative estimate of drug-likeness (QED) is 0.798. The minimum absolute atomic E-state index is 0.0649. The normalized spacial score (nSPS) is 22.6. The van der Waals surface area contributed by atoms with Gasteiger partial charge in [0.2, 0.25) is 0 Å². The molecule has 7 heteroatoms. The Morgan fingerprint density at radius 1 is 1.37 bits per heavy atom. The highest BCUT2D eigenvalue weighted by Gasteiger charge is 2.33. The molecule has 1 heterocycles. The fourth-order valence-corrected chi connectivity index (χ4v) is 2.74. The first-order valence-corrected chi connectivity index (χ1v) is 7.54. The second-order valence-corrected chi connectivity index (χ2v) is 6.70. The maximum absolute atomic E-state index is 11.9. The fraction of sp³-hybridized carbons (Fsp3) is 0.500. The number of ether oxygens (including phenoxy) is 2. The van der Waals surface area contributed by atoms with Crippen LogP contribution in [0.4, 0.5) is 0 Å². The highest BCUT2D eigenvalue weighted by Crippen LogP contribution is 2.23. The van der Waals surface area contributed by atoms with Gasteiger partial charge in [-0.25, -0.2) is 0 Å². The van der Waals surface area contributed by atoms with Gasteiger partial charge in [-0.2, -0.15) is 8.42 Å². The molecule has 0 radical (unpaired) electrons. The van der Waals surface area contributed by atoms with Crippen LogP contribution in [0, 0.1) is 0 Å². The lowest BCUT2D eigenvalue weighted by Gasteiger charge is -2.16. The van der Waals surface area contributed by atoms with Gasteiger partial charge >= 0.3 is 0 Å². The van der Waals surface area contributed by atoms with Crippen LogP contribution < -0.4 is 0 Å². The highest BCUT2D eigenvalue weighted by molar-refractivity contribution is 7.86. The second-order valence-electron chi connectivity index (χ2n) is 4.64. The molecule has 106 valence electrons. The number of hydrogen-bond acceptors (Lipinski definition) is 5. The van der Waals surface area contributed by atoms with Crippen LogP contribution in [0.3, 0.4) is 0 Å². The summed E-state index contributed by atoms with van der Waals surface area (Å²) in [5, 5.41) is 0.466. The van der Waals surface area contributed by atoms with Crippen molar-refractivity contribution >= 4 is 21.7 Å². The van der Waals surface area contributed by atoms with Gasteiger partial charge in [-0.15, -0.1) is 0 Å². The third kappa shape index (κ3) is 3.90. The molecule has 1 aromatic rings. The lowest BCUT2D eigenvalue weighted by atomic mass is 10.4. The summed E-state index contributed by atoms with van der Waals surface area (Å²) in [5.41, 5.74) is 0. The van der Waals surface area contributed by atoms with Crippen molar-refractivity contribution < 1.29 is 22.1 Å². The van der Waals surface area contributed by atoms with Crippen LogP contribution in [0.5, 0.6) is 0 Å². The Kier molecular flexibility index (Phi) is 4.17. The number of benzene rings is 1. The first kappa shape index (κ1) is 14.7. The van der Waals surface area contributed by atoms with Crippen molar-refractivity contribution in [1.82, 2.24) is 0 Å². The second kappa shape index (κ2) is 5.38. The van der Waals surface area contributed by atoms with Gasteiger partial charge in [0, 0.05) is 5.02 Å². The summed E-state index contributed by atoms with van der Waals surface area (Å²) < 4.78 is 39.5. The Balaban J connectivity index is 1.97. The lowest BCUT2D eigenvalue weighted by Crippen LogP contribution is -2.25. The van der Waals surface area contributed by atoms with Crippen molar-refractivity contribution in [1.29, 1.82) is 0 Å². The maximum atomic E-state index is 11.9. The summed E-state index contributed by atoms with van der Waals surface area (Å²) >= 11 is 5.70. The van der Waals surface area contributed by atoms with E-state index >= 15 is 0 Å². The lowest BCUT2D eigenvalue weighted by molar-refractivity contribution is -0.141. The van der Waals surface area contributed by atoms with Crippen LogP contribution >= 0.6 is 11.6 Å². The third-order valence-corrected chi connectivity index (χ3v) is 4.13. The molecule has 1 atom stereocenters. The van der Waals surface area contributed by atoms with E-state index in [-0.39, 0.29) is 11.5 Å². The number of rotatable bonds is 4. The zero-order chi connectivity index (χ0) is 14.1. The third-order valence-electron chi connectivity index (χ3n) is 2.58. The predicted octanol–water partition coefficient (Wildman–Crippen LogP) is 2.20. The summed E-state index contributed by atoms with van der Waals surface area (Å²) in [6.07, 6.45) is -0.392. The van der Waals surface area contributed by atoms with Gasteiger partial charge in [0.1, 0.15) is 6.10 Å². The minimum Gasteiger partial charge on any atom is -0.348 e. The van der Waals surface area contributed by atoms with Crippen LogP contribution in [0.1, 0.15) is 13.8 Å². The van der Waals surface area contributed by atoms with Crippen molar-refractivity contribution in [3.05, 3.63) is 29.3 Å². The molecule has 1 saturated heterocycles. The predicted molar refractivity (Wildman–Crippen MR) is 69.5 cm³/mol. The molecule has 2 rings (SSSR count). The largest absolute Gasteiger partial charge is 0.348 e. The molecule has 1 unspecified atom stereocenters. The van der Waals surface area contributed by atoms with Crippen molar-refractivity contribution in [2.45, 2.75) is 30.6 Å². The summed E-state index contributed by atoms with van der Waals surface area (Å²) in [7, 11) is -3.80. The maximum Gasteiger partial charge on any atom is 0.297 e. The molecule has 1 aliphatic rings. The molecule has 0 bridgehead atoms. The first-order chi connectivity index (χ1) is 8.78. The van der Waals surface area contributed by atoms with Crippen molar-refractivity contribution in [3.8, 4) is 0 Å². The molecule has 1 aromatic carbocycles. The molecule has 0 saturated carbocycles. The van der Waals surface area contributed by atoms with Gasteiger partial charge in [0.25, 0.3) is 10.1 Å². The van der Waals surface area contributed by atoms with E-state index in [1.54, 1.807) is 13.8 Å². The molecule has 1 aliphatic heterocycles. The Bertz CT molecular complexity index is 538. The summed E-state index contributed by atoms with van der Waals surface area (Å²) in [6, 6.07) is 5.79. The van der Waals surface area contributed by atoms with Crippen molar-refractivity contribution in [3.63, 3.8) is 0 Å². The van der Waals surface area contributed by atoms with Crippen LogP contribution in [0.2, 0.25) is 5.02 Å². The van der Waals surface area contributed by atoms with Crippen LogP contribution in [0.25, 0.3) is 0 Å². The molecule has 0 N–H and O–H groups in total. The van der Waals surface area contributed by atoms with Crippen molar-refractivity contribution in [2.75, 3.05) is 13.2 Å². The topological polar surface area (TPSA) is 61.8 Å². The van der Waals surface area contributed by atoms with Gasteiger partial charge in [0.05, 0.1) is 18.1 Å². The minimum atomic E-state index is -3.80. The molecule has 0 aliphatic carbocycles. The number of halogens is 1. The molecule has 5 nitrogen and oxygen atoms in total. The van der Waals surface area contributed by atoms with Gasteiger partial charge in [-0.3, -0.25) is 4.18 Å². The smallest absolute Gasteiger partial charge is 0.297 e. The van der Waals surface area contributed by atoms with E-state index in [0.717, 1.165) is 0 Å². The Hall–Kier alpha value is -0.660. The SMILES string of the molecule is CC1(C)OCC(COS(=O)(=O)c2ccc(Cl)cc2)O1. The van der Waals surface area contributed by atoms with E-state index in [2.05, 4.69) is 0 Å². The van der Waals surface area contributed by atoms with E-state index in [1.165, 1.54) is 24.3 Å². The summed E-state index contributed by atoms with van der Waals surface area (Å²) in [4.78, 5) is 0.0649. The van der Waals surface area contributed by atoms with Crippen LogP contribution in [0.15, 0.2) is 29.2 Å². The molecule has 0 aromatic heterocycles. The van der Waals surface area contributed by atoms with Crippen LogP contribution in [-0.4, -0.2) is 33.5 Å².